The highest BCUT2D eigenvalue weighted by molar-refractivity contribution is 5.73. The second kappa shape index (κ2) is 3.87. The van der Waals surface area contributed by atoms with Crippen LogP contribution in [0.3, 0.4) is 0 Å². The van der Waals surface area contributed by atoms with Crippen LogP contribution >= 0.6 is 0 Å². The summed E-state index contributed by atoms with van der Waals surface area (Å²) in [6.07, 6.45) is 0. The summed E-state index contributed by atoms with van der Waals surface area (Å²) in [5, 5.41) is 3.46. The number of nitrogens with zero attached hydrogens (tertiary/aromatic N) is 2. The van der Waals surface area contributed by atoms with E-state index in [1.807, 2.05) is 4.90 Å². The number of amides is 1. The van der Waals surface area contributed by atoms with Crippen molar-refractivity contribution in [1.82, 2.24) is 15.1 Å². The summed E-state index contributed by atoms with van der Waals surface area (Å²) in [6.45, 7) is 8.85. The van der Waals surface area contributed by atoms with Crippen molar-refractivity contribution < 1.29 is 4.79 Å². The highest BCUT2D eigenvalue weighted by Gasteiger charge is 2.31. The van der Waals surface area contributed by atoms with Gasteiger partial charge in [-0.3, -0.25) is 9.69 Å². The number of rotatable bonds is 0. The Morgan fingerprint density at radius 1 is 1.36 bits per heavy atom. The van der Waals surface area contributed by atoms with Gasteiger partial charge in [-0.15, -0.1) is 0 Å². The molecule has 0 aromatic rings. The Morgan fingerprint density at radius 2 is 2.14 bits per heavy atom. The van der Waals surface area contributed by atoms with Gasteiger partial charge in [-0.25, -0.2) is 0 Å². The third-order valence-corrected chi connectivity index (χ3v) is 3.26. The van der Waals surface area contributed by atoms with Crippen LogP contribution in [-0.2, 0) is 4.79 Å². The molecular weight excluding hydrogens is 178 g/mol. The van der Waals surface area contributed by atoms with E-state index < -0.39 is 0 Å². The van der Waals surface area contributed by atoms with E-state index >= 15 is 0 Å². The lowest BCUT2D eigenvalue weighted by Gasteiger charge is -2.45. The molecule has 1 unspecified atom stereocenters. The van der Waals surface area contributed by atoms with E-state index in [0.29, 0.717) is 12.1 Å². The Labute approximate surface area is 85.2 Å². The summed E-state index contributed by atoms with van der Waals surface area (Å²) in [7, 11) is 0. The van der Waals surface area contributed by atoms with Crippen molar-refractivity contribution in [3.63, 3.8) is 0 Å². The molecule has 2 aliphatic heterocycles. The average molecular weight is 197 g/mol. The molecule has 0 saturated carbocycles. The highest BCUT2D eigenvalue weighted by Crippen LogP contribution is 2.13. The molecule has 2 aliphatic rings. The first kappa shape index (κ1) is 9.93. The Bertz CT molecular complexity index is 231. The van der Waals surface area contributed by atoms with Crippen molar-refractivity contribution in [2.75, 3.05) is 32.7 Å². The summed E-state index contributed by atoms with van der Waals surface area (Å²) in [4.78, 5) is 15.7. The highest BCUT2D eigenvalue weighted by atomic mass is 16.2. The van der Waals surface area contributed by atoms with Gasteiger partial charge in [-0.05, 0) is 6.92 Å². The van der Waals surface area contributed by atoms with Crippen LogP contribution in [0.15, 0.2) is 0 Å². The molecule has 14 heavy (non-hydrogen) atoms. The van der Waals surface area contributed by atoms with Gasteiger partial charge < -0.3 is 10.2 Å². The van der Waals surface area contributed by atoms with Crippen molar-refractivity contribution in [3.8, 4) is 0 Å². The van der Waals surface area contributed by atoms with Crippen molar-refractivity contribution in [2.45, 2.75) is 25.9 Å². The minimum absolute atomic E-state index is 0.211. The van der Waals surface area contributed by atoms with E-state index in [9.17, 15) is 4.79 Å². The van der Waals surface area contributed by atoms with E-state index in [0.717, 1.165) is 32.7 Å². The second-order valence-electron chi connectivity index (χ2n) is 4.42. The molecule has 2 rings (SSSR count). The number of nitrogens with one attached hydrogen (secondary N) is 1. The van der Waals surface area contributed by atoms with E-state index in [1.54, 1.807) is 6.92 Å². The molecule has 0 radical (unpaired) electrons. The molecule has 80 valence electrons. The van der Waals surface area contributed by atoms with Gasteiger partial charge in [0.05, 0.1) is 0 Å². The zero-order valence-electron chi connectivity index (χ0n) is 8.99. The van der Waals surface area contributed by atoms with Gasteiger partial charge in [0.2, 0.25) is 5.91 Å². The summed E-state index contributed by atoms with van der Waals surface area (Å²) in [5.74, 6) is 0.211. The van der Waals surface area contributed by atoms with Crippen LogP contribution in [0.25, 0.3) is 0 Å². The third kappa shape index (κ3) is 1.91. The molecule has 0 aliphatic carbocycles. The Balaban J connectivity index is 1.94. The van der Waals surface area contributed by atoms with Gasteiger partial charge in [0, 0.05) is 51.7 Å². The number of hydrogen-bond donors (Lipinski definition) is 1. The fourth-order valence-corrected chi connectivity index (χ4v) is 2.37. The van der Waals surface area contributed by atoms with Crippen LogP contribution in [0.1, 0.15) is 13.8 Å². The van der Waals surface area contributed by atoms with Crippen molar-refractivity contribution in [3.05, 3.63) is 0 Å². The fraction of sp³-hybridized carbons (Fsp3) is 0.900. The number of hydrogen-bond acceptors (Lipinski definition) is 3. The van der Waals surface area contributed by atoms with Crippen LogP contribution in [0, 0.1) is 0 Å². The molecule has 0 aromatic heterocycles. The predicted molar refractivity (Wildman–Crippen MR) is 55.1 cm³/mol. The molecule has 0 aromatic carbocycles. The topological polar surface area (TPSA) is 35.6 Å². The standard InChI is InChI=1S/C10H19N3O/c1-8-6-13-4-3-12(9(2)14)7-10(13)5-11-8/h8,10-11H,3-7H2,1-2H3/t8?,10-/m1/s1. The van der Waals surface area contributed by atoms with E-state index in [2.05, 4.69) is 17.1 Å². The van der Waals surface area contributed by atoms with Crippen molar-refractivity contribution >= 4 is 5.91 Å². The largest absolute Gasteiger partial charge is 0.340 e. The molecular formula is C10H19N3O. The van der Waals surface area contributed by atoms with Gasteiger partial charge in [-0.2, -0.15) is 0 Å². The monoisotopic (exact) mass is 197 g/mol. The second-order valence-corrected chi connectivity index (χ2v) is 4.42. The van der Waals surface area contributed by atoms with Crippen LogP contribution in [0.2, 0.25) is 0 Å². The Kier molecular flexibility index (Phi) is 2.74. The first-order valence-electron chi connectivity index (χ1n) is 5.40. The van der Waals surface area contributed by atoms with Crippen LogP contribution in [-0.4, -0.2) is 60.5 Å². The molecule has 2 fully saturated rings. The Hall–Kier alpha value is -0.610. The van der Waals surface area contributed by atoms with E-state index in [-0.39, 0.29) is 5.91 Å². The van der Waals surface area contributed by atoms with E-state index in [1.165, 1.54) is 0 Å². The number of carbonyl (C=O) groups is 1. The minimum atomic E-state index is 0.211. The molecule has 1 N–H and O–H groups in total. The summed E-state index contributed by atoms with van der Waals surface area (Å²) in [5.41, 5.74) is 0. The molecule has 2 atom stereocenters. The third-order valence-electron chi connectivity index (χ3n) is 3.26. The lowest BCUT2D eigenvalue weighted by atomic mass is 10.1. The van der Waals surface area contributed by atoms with Crippen molar-refractivity contribution in [1.29, 1.82) is 0 Å². The molecule has 0 spiro atoms. The first-order valence-corrected chi connectivity index (χ1v) is 5.40. The molecule has 1 amide bonds. The summed E-state index contributed by atoms with van der Waals surface area (Å²) in [6, 6.07) is 1.12. The molecule has 4 heteroatoms. The van der Waals surface area contributed by atoms with Gasteiger partial charge >= 0.3 is 0 Å². The smallest absolute Gasteiger partial charge is 0.219 e. The summed E-state index contributed by atoms with van der Waals surface area (Å²) < 4.78 is 0. The SMILES string of the molecule is CC(=O)N1CCN2CC(C)NC[C@@H]2C1. The molecule has 2 heterocycles. The van der Waals surface area contributed by atoms with Crippen LogP contribution < -0.4 is 5.32 Å². The van der Waals surface area contributed by atoms with Gasteiger partial charge in [0.1, 0.15) is 0 Å². The minimum Gasteiger partial charge on any atom is -0.340 e. The van der Waals surface area contributed by atoms with Gasteiger partial charge in [0.25, 0.3) is 0 Å². The van der Waals surface area contributed by atoms with Crippen molar-refractivity contribution in [2.24, 2.45) is 0 Å². The predicted octanol–water partition coefficient (Wildman–Crippen LogP) is -0.489. The maximum absolute atomic E-state index is 11.2. The molecule has 2 saturated heterocycles. The molecule has 4 nitrogen and oxygen atoms in total. The number of fused-ring (bicyclic) bond motifs is 1. The maximum Gasteiger partial charge on any atom is 0.219 e. The Morgan fingerprint density at radius 3 is 2.86 bits per heavy atom. The quantitative estimate of drug-likeness (QED) is 0.569. The van der Waals surface area contributed by atoms with Crippen LogP contribution in [0.4, 0.5) is 0 Å². The zero-order valence-corrected chi connectivity index (χ0v) is 8.99. The maximum atomic E-state index is 11.2. The van der Waals surface area contributed by atoms with E-state index in [4.69, 9.17) is 0 Å². The summed E-state index contributed by atoms with van der Waals surface area (Å²) >= 11 is 0. The lowest BCUT2D eigenvalue weighted by Crippen LogP contribution is -2.63. The first-order chi connectivity index (χ1) is 6.66. The lowest BCUT2D eigenvalue weighted by molar-refractivity contribution is -0.132. The van der Waals surface area contributed by atoms with Gasteiger partial charge in [0.15, 0.2) is 0 Å². The average Bonchev–Trinajstić information content (AvgIpc) is 2.16. The number of piperazine rings is 2. The normalized spacial score (nSPS) is 34.0. The molecule has 0 bridgehead atoms. The zero-order chi connectivity index (χ0) is 10.1. The fourth-order valence-electron chi connectivity index (χ4n) is 2.37. The number of carbonyl (C=O) groups excluding carboxylic acids is 1. The van der Waals surface area contributed by atoms with Gasteiger partial charge in [-0.1, -0.05) is 0 Å². The van der Waals surface area contributed by atoms with Crippen LogP contribution in [0.5, 0.6) is 0 Å².